The molecule has 0 aliphatic carbocycles. The molecule has 1 aromatic rings. The fraction of sp³-hybridized carbons (Fsp3) is 0.500. The number of carbonyl (C=O) groups excluding carboxylic acids is 1. The minimum absolute atomic E-state index is 0.154. The van der Waals surface area contributed by atoms with Crippen LogP contribution in [0.1, 0.15) is 13.3 Å². The lowest BCUT2D eigenvalue weighted by atomic mass is 10.3. The molecule has 0 spiro atoms. The first-order chi connectivity index (χ1) is 8.86. The molecule has 0 bridgehead atoms. The molecule has 1 rings (SSSR count). The molecular formula is C12H18N2O4S. The quantitative estimate of drug-likeness (QED) is 0.722. The molecule has 0 aromatic carbocycles. The van der Waals surface area contributed by atoms with Crippen LogP contribution in [0.4, 0.5) is 5.82 Å². The number of aromatic nitrogens is 1. The van der Waals surface area contributed by atoms with Crippen molar-refractivity contribution < 1.29 is 17.9 Å². The number of rotatable bonds is 6. The van der Waals surface area contributed by atoms with Gasteiger partial charge in [-0.05, 0) is 19.1 Å². The van der Waals surface area contributed by atoms with E-state index in [0.717, 1.165) is 6.26 Å². The Hall–Kier alpha value is -1.63. The minimum Gasteiger partial charge on any atom is -0.466 e. The fourth-order valence-electron chi connectivity index (χ4n) is 1.56. The largest absolute Gasteiger partial charge is 0.466 e. The van der Waals surface area contributed by atoms with Crippen molar-refractivity contribution in [3.63, 3.8) is 0 Å². The van der Waals surface area contributed by atoms with Gasteiger partial charge in [0.05, 0.1) is 13.0 Å². The van der Waals surface area contributed by atoms with Crippen molar-refractivity contribution in [1.29, 1.82) is 0 Å². The average Bonchev–Trinajstić information content (AvgIpc) is 2.35. The third kappa shape index (κ3) is 4.51. The van der Waals surface area contributed by atoms with Crippen LogP contribution >= 0.6 is 0 Å². The summed E-state index contributed by atoms with van der Waals surface area (Å²) in [5, 5.41) is 0. The van der Waals surface area contributed by atoms with Crippen molar-refractivity contribution in [2.45, 2.75) is 18.2 Å². The van der Waals surface area contributed by atoms with E-state index in [1.54, 1.807) is 24.9 Å². The van der Waals surface area contributed by atoms with Crippen molar-refractivity contribution in [2.75, 3.05) is 31.4 Å². The lowest BCUT2D eigenvalue weighted by Gasteiger charge is -2.19. The second-order valence-corrected chi connectivity index (χ2v) is 6.06. The van der Waals surface area contributed by atoms with Gasteiger partial charge in [0.2, 0.25) is 0 Å². The minimum atomic E-state index is -3.35. The number of esters is 1. The highest BCUT2D eigenvalue weighted by Crippen LogP contribution is 2.21. The Kier molecular flexibility index (Phi) is 5.29. The third-order valence-electron chi connectivity index (χ3n) is 2.47. The highest BCUT2D eigenvalue weighted by Gasteiger charge is 2.17. The maximum absolute atomic E-state index is 11.6. The van der Waals surface area contributed by atoms with Crippen LogP contribution in [0.25, 0.3) is 0 Å². The van der Waals surface area contributed by atoms with E-state index in [-0.39, 0.29) is 17.3 Å². The molecule has 1 heterocycles. The molecule has 7 heteroatoms. The third-order valence-corrected chi connectivity index (χ3v) is 3.59. The van der Waals surface area contributed by atoms with E-state index in [2.05, 4.69) is 4.98 Å². The summed E-state index contributed by atoms with van der Waals surface area (Å²) in [5.41, 5.74) is 0. The van der Waals surface area contributed by atoms with E-state index in [4.69, 9.17) is 4.74 Å². The van der Waals surface area contributed by atoms with Gasteiger partial charge in [-0.25, -0.2) is 13.4 Å². The Morgan fingerprint density at radius 1 is 1.47 bits per heavy atom. The van der Waals surface area contributed by atoms with E-state index >= 15 is 0 Å². The van der Waals surface area contributed by atoms with Gasteiger partial charge >= 0.3 is 5.97 Å². The molecule has 0 atom stereocenters. The van der Waals surface area contributed by atoms with Crippen molar-refractivity contribution in [1.82, 2.24) is 4.98 Å². The topological polar surface area (TPSA) is 76.6 Å². The van der Waals surface area contributed by atoms with E-state index in [9.17, 15) is 13.2 Å². The number of sulfone groups is 1. The van der Waals surface area contributed by atoms with Crippen LogP contribution in [0.5, 0.6) is 0 Å². The molecule has 106 valence electrons. The number of hydrogen-bond acceptors (Lipinski definition) is 6. The molecule has 0 saturated carbocycles. The Balaban J connectivity index is 2.83. The van der Waals surface area contributed by atoms with Gasteiger partial charge in [-0.15, -0.1) is 0 Å². The van der Waals surface area contributed by atoms with Crippen molar-refractivity contribution >= 4 is 21.6 Å². The number of ether oxygens (including phenoxy) is 1. The van der Waals surface area contributed by atoms with Gasteiger partial charge < -0.3 is 9.64 Å². The van der Waals surface area contributed by atoms with Crippen LogP contribution in [0, 0.1) is 0 Å². The van der Waals surface area contributed by atoms with Crippen molar-refractivity contribution in [3.05, 3.63) is 18.3 Å². The van der Waals surface area contributed by atoms with Crippen LogP contribution in [-0.2, 0) is 19.4 Å². The summed E-state index contributed by atoms with van der Waals surface area (Å²) < 4.78 is 28.1. The first kappa shape index (κ1) is 15.4. The predicted molar refractivity (Wildman–Crippen MR) is 71.9 cm³/mol. The fourth-order valence-corrected chi connectivity index (χ4v) is 2.42. The number of nitrogens with zero attached hydrogens (tertiary/aromatic N) is 2. The maximum Gasteiger partial charge on any atom is 0.307 e. The van der Waals surface area contributed by atoms with Gasteiger partial charge in [0.1, 0.15) is 10.7 Å². The molecule has 0 saturated heterocycles. The summed E-state index contributed by atoms with van der Waals surface area (Å²) in [6.07, 6.45) is 2.84. The van der Waals surface area contributed by atoms with Crippen LogP contribution in [-0.4, -0.2) is 45.8 Å². The first-order valence-corrected chi connectivity index (χ1v) is 7.77. The molecule has 0 radical (unpaired) electrons. The van der Waals surface area contributed by atoms with E-state index in [0.29, 0.717) is 19.0 Å². The zero-order valence-corrected chi connectivity index (χ0v) is 12.1. The Bertz CT molecular complexity index is 542. The van der Waals surface area contributed by atoms with Gasteiger partial charge in [-0.2, -0.15) is 0 Å². The molecule has 0 amide bonds. The summed E-state index contributed by atoms with van der Waals surface area (Å²) in [5.74, 6) is 0.0282. The summed E-state index contributed by atoms with van der Waals surface area (Å²) in [6, 6.07) is 3.07. The number of hydrogen-bond donors (Lipinski definition) is 0. The first-order valence-electron chi connectivity index (χ1n) is 5.88. The second-order valence-electron chi connectivity index (χ2n) is 4.07. The molecule has 19 heavy (non-hydrogen) atoms. The van der Waals surface area contributed by atoms with Crippen LogP contribution in [0.2, 0.25) is 0 Å². The van der Waals surface area contributed by atoms with Gasteiger partial charge in [-0.3, -0.25) is 4.79 Å². The number of anilines is 1. The number of carbonyl (C=O) groups is 1. The summed E-state index contributed by atoms with van der Waals surface area (Å²) in [4.78, 5) is 17.1. The maximum atomic E-state index is 11.6. The molecule has 0 aliphatic heterocycles. The van der Waals surface area contributed by atoms with Gasteiger partial charge in [-0.1, -0.05) is 0 Å². The summed E-state index contributed by atoms with van der Waals surface area (Å²) >= 11 is 0. The molecule has 0 aliphatic rings. The SMILES string of the molecule is CCOC(=O)CCN(C)c1ncccc1S(C)(=O)=O. The molecule has 0 unspecified atom stereocenters. The second kappa shape index (κ2) is 6.51. The normalized spacial score (nSPS) is 11.1. The van der Waals surface area contributed by atoms with Crippen LogP contribution in [0.3, 0.4) is 0 Å². The Labute approximate surface area is 113 Å². The van der Waals surface area contributed by atoms with Crippen LogP contribution in [0.15, 0.2) is 23.2 Å². The molecule has 0 fully saturated rings. The van der Waals surface area contributed by atoms with Gasteiger partial charge in [0.25, 0.3) is 0 Å². The van der Waals surface area contributed by atoms with Crippen molar-refractivity contribution in [2.24, 2.45) is 0 Å². The van der Waals surface area contributed by atoms with E-state index in [1.807, 2.05) is 0 Å². The lowest BCUT2D eigenvalue weighted by molar-refractivity contribution is -0.142. The Morgan fingerprint density at radius 3 is 2.74 bits per heavy atom. The Morgan fingerprint density at radius 2 is 2.16 bits per heavy atom. The molecule has 0 N–H and O–H groups in total. The highest BCUT2D eigenvalue weighted by molar-refractivity contribution is 7.90. The molecular weight excluding hydrogens is 268 g/mol. The molecule has 1 aromatic heterocycles. The average molecular weight is 286 g/mol. The highest BCUT2D eigenvalue weighted by atomic mass is 32.2. The van der Waals surface area contributed by atoms with Gasteiger partial charge in [0.15, 0.2) is 9.84 Å². The zero-order valence-electron chi connectivity index (χ0n) is 11.3. The van der Waals surface area contributed by atoms with Crippen LogP contribution < -0.4 is 4.90 Å². The van der Waals surface area contributed by atoms with Gasteiger partial charge in [0, 0.05) is 26.0 Å². The standard InChI is InChI=1S/C12H18N2O4S/c1-4-18-11(15)7-9-14(2)12-10(19(3,16)17)6-5-8-13-12/h5-6,8H,4,7,9H2,1-3H3. The predicted octanol–water partition coefficient (Wildman–Crippen LogP) is 0.875. The zero-order chi connectivity index (χ0) is 14.5. The van der Waals surface area contributed by atoms with E-state index in [1.165, 1.54) is 12.3 Å². The van der Waals surface area contributed by atoms with Crippen molar-refractivity contribution in [3.8, 4) is 0 Å². The molecule has 6 nitrogen and oxygen atoms in total. The summed E-state index contributed by atoms with van der Waals surface area (Å²) in [6.45, 7) is 2.42. The monoisotopic (exact) mass is 286 g/mol. The smallest absolute Gasteiger partial charge is 0.307 e. The lowest BCUT2D eigenvalue weighted by Crippen LogP contribution is -2.24. The van der Waals surface area contributed by atoms with E-state index < -0.39 is 9.84 Å². The number of pyridine rings is 1. The summed E-state index contributed by atoms with van der Waals surface area (Å²) in [7, 11) is -1.66.